The van der Waals surface area contributed by atoms with Crippen LogP contribution in [0.25, 0.3) is 0 Å². The second-order valence-corrected chi connectivity index (χ2v) is 18.2. The molecule has 2 saturated heterocycles. The van der Waals surface area contributed by atoms with Crippen molar-refractivity contribution in [3.8, 4) is 0 Å². The number of carbonyl (C=O) groups excluding carboxylic acids is 5. The fourth-order valence-electron chi connectivity index (χ4n) is 9.71. The van der Waals surface area contributed by atoms with Crippen molar-refractivity contribution < 1.29 is 57.5 Å². The number of hydrogen-bond acceptors (Lipinski definition) is 12. The van der Waals surface area contributed by atoms with Gasteiger partial charge in [-0.05, 0) is 95.5 Å². The molecule has 1 saturated carbocycles. The highest BCUT2D eigenvalue weighted by molar-refractivity contribution is 6.39. The van der Waals surface area contributed by atoms with Crippen LogP contribution in [0.5, 0.6) is 0 Å². The summed E-state index contributed by atoms with van der Waals surface area (Å²) < 4.78 is 36.0. The van der Waals surface area contributed by atoms with E-state index < -0.39 is 83.7 Å². The molecule has 4 aliphatic rings. The first kappa shape index (κ1) is 49.0. The Labute approximate surface area is 356 Å². The number of fused-ring (bicyclic) bond motifs is 3. The molecule has 1 unspecified atom stereocenters. The fraction of sp³-hybridized carbons (Fsp3) is 0.800. The monoisotopic (exact) mass is 851 g/mol. The first-order chi connectivity index (χ1) is 27.9. The van der Waals surface area contributed by atoms with Crippen LogP contribution in [0.1, 0.15) is 119 Å². The van der Waals surface area contributed by atoms with E-state index in [0.29, 0.717) is 44.1 Å². The van der Waals surface area contributed by atoms with Crippen molar-refractivity contribution in [2.45, 2.75) is 173 Å². The quantitative estimate of drug-likeness (QED) is 0.132. The van der Waals surface area contributed by atoms with Gasteiger partial charge in [-0.2, -0.15) is 0 Å². The fourth-order valence-corrected chi connectivity index (χ4v) is 10.0. The number of allylic oxidation sites excluding steroid dienone is 3. The van der Waals surface area contributed by atoms with Crippen LogP contribution in [0.4, 0.5) is 0 Å². The Morgan fingerprint density at radius 2 is 1.59 bits per heavy atom. The van der Waals surface area contributed by atoms with Crippen LogP contribution >= 0.6 is 11.6 Å². The summed E-state index contributed by atoms with van der Waals surface area (Å²) in [6.07, 6.45) is 5.06. The van der Waals surface area contributed by atoms with Gasteiger partial charge in [0, 0.05) is 59.0 Å². The Hall–Kier alpha value is -2.68. The number of halogens is 1. The molecule has 13 nitrogen and oxygen atoms in total. The number of methoxy groups -OCH3 is 3. The van der Waals surface area contributed by atoms with Crippen LogP contribution in [0.3, 0.4) is 0 Å². The van der Waals surface area contributed by atoms with Gasteiger partial charge in [0.2, 0.25) is 5.79 Å². The second-order valence-electron chi connectivity index (χ2n) is 17.7. The minimum atomic E-state index is -2.51. The van der Waals surface area contributed by atoms with E-state index in [1.54, 1.807) is 21.0 Å². The van der Waals surface area contributed by atoms with Gasteiger partial charge in [-0.15, -0.1) is 11.6 Å². The van der Waals surface area contributed by atoms with Crippen LogP contribution in [-0.2, 0) is 52.4 Å². The average Bonchev–Trinajstić information content (AvgIpc) is 3.20. The predicted molar refractivity (Wildman–Crippen MR) is 221 cm³/mol. The standard InChI is InChI=1S/C45H70ClNO12/c1-11-32-19-25(2)18-26(3)20-38(55-9)41-39(56-10)22-28(5)45(53,59-41)42(50)43(51)47-17-13-12-14-34(47)44(52)58-40(29(6)36(24-35(32)49)57-30(7)48)27(4)21-31-15-16-33(46)37(23-31)54-8/h19,21,26,28-29,31-34,36-41,53H,11-18,20,22-24H2,1-10H3/t26-,28+,29-,31?,32+,33+,34-,36-,37+,38-,39-,40+,41+,45+/m0/s1. The summed E-state index contributed by atoms with van der Waals surface area (Å²) in [5.41, 5.74) is 1.67. The van der Waals surface area contributed by atoms with Gasteiger partial charge in [0.1, 0.15) is 30.1 Å². The molecule has 0 radical (unpaired) electrons. The summed E-state index contributed by atoms with van der Waals surface area (Å²) in [5, 5.41) is 11.9. The number of Topliss-reactive ketones (excluding diaryl/α,β-unsaturated/α-hetero) is 2. The molecule has 59 heavy (non-hydrogen) atoms. The van der Waals surface area contributed by atoms with Gasteiger partial charge < -0.3 is 38.4 Å². The Bertz CT molecular complexity index is 1550. The molecule has 2 bridgehead atoms. The van der Waals surface area contributed by atoms with Crippen LogP contribution in [0, 0.1) is 29.6 Å². The molecule has 3 aliphatic heterocycles. The van der Waals surface area contributed by atoms with E-state index in [-0.39, 0.29) is 54.9 Å². The molecule has 334 valence electrons. The normalized spacial score (nSPS) is 39.1. The Balaban J connectivity index is 1.82. The maximum Gasteiger partial charge on any atom is 0.329 e. The summed E-state index contributed by atoms with van der Waals surface area (Å²) >= 11 is 6.56. The zero-order valence-electron chi connectivity index (χ0n) is 36.9. The number of alkyl halides is 1. The zero-order chi connectivity index (χ0) is 43.8. The van der Waals surface area contributed by atoms with Crippen molar-refractivity contribution in [2.75, 3.05) is 27.9 Å². The number of ether oxygens (including phenoxy) is 6. The molecule has 1 aliphatic carbocycles. The summed E-state index contributed by atoms with van der Waals surface area (Å²) in [6, 6.07) is -1.15. The van der Waals surface area contributed by atoms with E-state index in [1.165, 1.54) is 26.0 Å². The molecule has 0 aromatic rings. The predicted octanol–water partition coefficient (Wildman–Crippen LogP) is 6.29. The molecular weight excluding hydrogens is 782 g/mol. The molecule has 3 heterocycles. The third kappa shape index (κ3) is 12.0. The molecule has 14 heteroatoms. The number of ketones is 2. The van der Waals surface area contributed by atoms with Crippen molar-refractivity contribution in [2.24, 2.45) is 29.6 Å². The molecule has 1 amide bonds. The van der Waals surface area contributed by atoms with Crippen molar-refractivity contribution in [1.29, 1.82) is 0 Å². The number of carbonyl (C=O) groups is 5. The van der Waals surface area contributed by atoms with Gasteiger partial charge in [-0.1, -0.05) is 45.4 Å². The van der Waals surface area contributed by atoms with Gasteiger partial charge >= 0.3 is 11.9 Å². The topological polar surface area (TPSA) is 164 Å². The van der Waals surface area contributed by atoms with E-state index in [2.05, 4.69) is 6.92 Å². The van der Waals surface area contributed by atoms with Gasteiger partial charge in [-0.25, -0.2) is 4.79 Å². The average molecular weight is 853 g/mol. The third-order valence-electron chi connectivity index (χ3n) is 13.1. The Kier molecular flexibility index (Phi) is 18.2. The van der Waals surface area contributed by atoms with Gasteiger partial charge in [0.05, 0.1) is 23.7 Å². The van der Waals surface area contributed by atoms with Crippen molar-refractivity contribution >= 4 is 41.0 Å². The highest BCUT2D eigenvalue weighted by Crippen LogP contribution is 2.39. The van der Waals surface area contributed by atoms with E-state index in [4.69, 9.17) is 40.0 Å². The molecule has 0 spiro atoms. The van der Waals surface area contributed by atoms with Gasteiger partial charge in [0.25, 0.3) is 11.7 Å². The largest absolute Gasteiger partial charge is 0.462 e. The smallest absolute Gasteiger partial charge is 0.329 e. The third-order valence-corrected chi connectivity index (χ3v) is 13.6. The van der Waals surface area contributed by atoms with Crippen LogP contribution in [-0.4, -0.2) is 121 Å². The lowest BCUT2D eigenvalue weighted by Crippen LogP contribution is -2.64. The Morgan fingerprint density at radius 3 is 2.22 bits per heavy atom. The Morgan fingerprint density at radius 1 is 0.932 bits per heavy atom. The summed E-state index contributed by atoms with van der Waals surface area (Å²) in [7, 11) is 4.69. The van der Waals surface area contributed by atoms with E-state index in [1.807, 2.05) is 32.9 Å². The van der Waals surface area contributed by atoms with E-state index in [0.717, 1.165) is 18.4 Å². The number of hydrogen-bond donors (Lipinski definition) is 1. The van der Waals surface area contributed by atoms with Crippen molar-refractivity contribution in [1.82, 2.24) is 4.90 Å². The van der Waals surface area contributed by atoms with Crippen molar-refractivity contribution in [3.05, 3.63) is 23.3 Å². The first-order valence-electron chi connectivity index (χ1n) is 21.6. The summed E-state index contributed by atoms with van der Waals surface area (Å²) in [4.78, 5) is 71.1. The number of rotatable bonds is 7. The molecular formula is C45H70ClNO12. The number of cyclic esters (lactones) is 1. The lowest BCUT2D eigenvalue weighted by atomic mass is 9.82. The minimum absolute atomic E-state index is 0.0176. The lowest BCUT2D eigenvalue weighted by molar-refractivity contribution is -0.302. The summed E-state index contributed by atoms with van der Waals surface area (Å²) in [5.74, 6) is -8.06. The number of amides is 1. The number of piperidine rings is 1. The molecule has 0 aromatic heterocycles. The molecule has 4 rings (SSSR count). The second kappa shape index (κ2) is 21.9. The lowest BCUT2D eigenvalue weighted by Gasteiger charge is -2.47. The number of nitrogens with zero attached hydrogens (tertiary/aromatic N) is 1. The molecule has 3 fully saturated rings. The highest BCUT2D eigenvalue weighted by atomic mass is 35.5. The van der Waals surface area contributed by atoms with Gasteiger partial charge in [-0.3, -0.25) is 19.2 Å². The van der Waals surface area contributed by atoms with Crippen LogP contribution in [0.15, 0.2) is 23.3 Å². The number of esters is 2. The maximum atomic E-state index is 14.5. The summed E-state index contributed by atoms with van der Waals surface area (Å²) in [6.45, 7) is 12.6. The van der Waals surface area contributed by atoms with E-state index >= 15 is 0 Å². The molecule has 14 atom stereocenters. The van der Waals surface area contributed by atoms with E-state index in [9.17, 15) is 29.1 Å². The van der Waals surface area contributed by atoms with Crippen molar-refractivity contribution in [3.63, 3.8) is 0 Å². The molecule has 1 N–H and O–H groups in total. The van der Waals surface area contributed by atoms with Crippen LogP contribution < -0.4 is 0 Å². The highest BCUT2D eigenvalue weighted by Gasteiger charge is 2.56. The zero-order valence-corrected chi connectivity index (χ0v) is 37.7. The van der Waals surface area contributed by atoms with Gasteiger partial charge in [0.15, 0.2) is 0 Å². The van der Waals surface area contributed by atoms with Crippen LogP contribution in [0.2, 0.25) is 0 Å². The SMILES string of the molecule is CC[C@@H]1C=C(C)C[C@H](C)C[C@H](OC)[C@H]2O[C@@](O)(C(=O)C(=O)N3CCCC[C@H]3C(=O)O[C@H](C(C)=CC3CC[C@@H](Cl)[C@H](OC)C3)[C@@H](C)[C@@H](OC(C)=O)CC1=O)[C@H](C)C[C@@H]2OC. The first-order valence-corrected chi connectivity index (χ1v) is 22.1. The maximum absolute atomic E-state index is 14.5. The molecule has 0 aromatic carbocycles. The minimum Gasteiger partial charge on any atom is -0.462 e. The number of aliphatic hydroxyl groups is 1.